The number of carbonyl (C=O) groups excluding carboxylic acids is 1. The van der Waals surface area contributed by atoms with E-state index in [-0.39, 0.29) is 17.1 Å². The molecule has 0 saturated carbocycles. The molecule has 0 aliphatic carbocycles. The zero-order valence-electron chi connectivity index (χ0n) is 3.83. The van der Waals surface area contributed by atoms with E-state index in [4.69, 9.17) is 34.8 Å². The maximum Gasteiger partial charge on any atom is 0.180 e. The molecule has 2 nitrogen and oxygen atoms in total. The lowest BCUT2D eigenvalue weighted by molar-refractivity contribution is -0.115. The summed E-state index contributed by atoms with van der Waals surface area (Å²) in [5.41, 5.74) is 0. The second-order valence-electron chi connectivity index (χ2n) is 0.901. The van der Waals surface area contributed by atoms with Crippen LogP contribution in [-0.2, 0) is 4.79 Å². The molecule has 2 N–H and O–H groups in total. The van der Waals surface area contributed by atoms with Crippen molar-refractivity contribution in [3.63, 3.8) is 0 Å². The zero-order chi connectivity index (χ0) is 5.86. The molecular weight excluding hydrogens is 174 g/mol. The number of halogens is 3. The molecule has 0 aliphatic rings. The first-order valence-electron chi connectivity index (χ1n) is 1.55. The lowest BCUT2D eigenvalue weighted by atomic mass is 10.5. The second-order valence-corrected chi connectivity index (χ2v) is 2.26. The Balaban J connectivity index is 0. The number of alkyl halides is 3. The zero-order valence-corrected chi connectivity index (χ0v) is 6.09. The highest BCUT2D eigenvalue weighted by Crippen LogP contribution is 2.02. The summed E-state index contributed by atoms with van der Waals surface area (Å²) < 4.78 is 0. The molecule has 0 rings (SSSR count). The van der Waals surface area contributed by atoms with Gasteiger partial charge in [-0.3, -0.25) is 4.79 Å². The van der Waals surface area contributed by atoms with E-state index in [0.717, 1.165) is 0 Å². The maximum atomic E-state index is 10.1. The Morgan fingerprint density at radius 1 is 1.50 bits per heavy atom. The number of ketones is 1. The molecule has 0 aromatic heterocycles. The van der Waals surface area contributed by atoms with Gasteiger partial charge >= 0.3 is 0 Å². The van der Waals surface area contributed by atoms with Crippen LogP contribution >= 0.6 is 34.8 Å². The van der Waals surface area contributed by atoms with Gasteiger partial charge in [0.1, 0.15) is 0 Å². The Bertz CT molecular complexity index is 72.9. The second kappa shape index (κ2) is 5.63. The number of Topliss-reactive ketones (excluding diaryl/α,β-unsaturated/α-hetero) is 1. The third kappa shape index (κ3) is 4.65. The van der Waals surface area contributed by atoms with E-state index in [1.165, 1.54) is 0 Å². The largest absolute Gasteiger partial charge is 0.412 e. The molecule has 0 unspecified atom stereocenters. The van der Waals surface area contributed by atoms with Crippen molar-refractivity contribution >= 4 is 40.6 Å². The molecular formula is C3H5Cl3O2. The van der Waals surface area contributed by atoms with Crippen LogP contribution in [-0.4, -0.2) is 22.0 Å². The molecule has 0 fully saturated rings. The molecule has 50 valence electrons. The van der Waals surface area contributed by atoms with Crippen LogP contribution in [0.3, 0.4) is 0 Å². The predicted octanol–water partition coefficient (Wildman–Crippen LogP) is 0.773. The summed E-state index contributed by atoms with van der Waals surface area (Å²) in [7, 11) is 0. The Labute approximate surface area is 62.0 Å². The van der Waals surface area contributed by atoms with Gasteiger partial charge in [-0.1, -0.05) is 23.2 Å². The van der Waals surface area contributed by atoms with Crippen molar-refractivity contribution < 1.29 is 10.3 Å². The van der Waals surface area contributed by atoms with Gasteiger partial charge in [0.05, 0.1) is 5.88 Å². The van der Waals surface area contributed by atoms with Crippen LogP contribution in [0.15, 0.2) is 0 Å². The fraction of sp³-hybridized carbons (Fsp3) is 0.667. The fourth-order valence-corrected chi connectivity index (χ4v) is 0.525. The minimum Gasteiger partial charge on any atom is -0.412 e. The van der Waals surface area contributed by atoms with Crippen molar-refractivity contribution in [3.8, 4) is 0 Å². The molecule has 0 heterocycles. The monoisotopic (exact) mass is 178 g/mol. The van der Waals surface area contributed by atoms with Crippen LogP contribution in [0.1, 0.15) is 0 Å². The Morgan fingerprint density at radius 2 is 1.88 bits per heavy atom. The molecule has 5 heteroatoms. The van der Waals surface area contributed by atoms with Gasteiger partial charge in [0.2, 0.25) is 0 Å². The minimum atomic E-state index is -0.961. The normalized spacial score (nSPS) is 8.50. The third-order valence-corrected chi connectivity index (χ3v) is 1.13. The van der Waals surface area contributed by atoms with Crippen molar-refractivity contribution in [2.24, 2.45) is 0 Å². The Hall–Kier alpha value is 0.500. The lowest BCUT2D eigenvalue weighted by Crippen LogP contribution is -2.07. The molecule has 0 atom stereocenters. The molecule has 0 aromatic rings. The van der Waals surface area contributed by atoms with E-state index >= 15 is 0 Å². The lowest BCUT2D eigenvalue weighted by Gasteiger charge is -1.89. The van der Waals surface area contributed by atoms with Crippen molar-refractivity contribution in [1.29, 1.82) is 0 Å². The van der Waals surface area contributed by atoms with Gasteiger partial charge in [0.15, 0.2) is 10.6 Å². The van der Waals surface area contributed by atoms with Crippen LogP contribution in [0.2, 0.25) is 0 Å². The topological polar surface area (TPSA) is 48.6 Å². The van der Waals surface area contributed by atoms with E-state index in [9.17, 15) is 4.79 Å². The molecule has 0 spiro atoms. The van der Waals surface area contributed by atoms with Gasteiger partial charge < -0.3 is 5.48 Å². The van der Waals surface area contributed by atoms with E-state index in [1.54, 1.807) is 0 Å². The molecule has 0 radical (unpaired) electrons. The number of rotatable bonds is 2. The number of hydrogen-bond donors (Lipinski definition) is 0. The van der Waals surface area contributed by atoms with Gasteiger partial charge in [-0.2, -0.15) is 0 Å². The van der Waals surface area contributed by atoms with Gasteiger partial charge in [-0.25, -0.2) is 0 Å². The summed E-state index contributed by atoms with van der Waals surface area (Å²) in [4.78, 5) is 9.16. The molecule has 0 amide bonds. The summed E-state index contributed by atoms with van der Waals surface area (Å²) in [5.74, 6) is -0.470. The van der Waals surface area contributed by atoms with Gasteiger partial charge in [-0.15, -0.1) is 11.6 Å². The highest BCUT2D eigenvalue weighted by molar-refractivity contribution is 6.55. The average Bonchev–Trinajstić information content (AvgIpc) is 1.65. The highest BCUT2D eigenvalue weighted by atomic mass is 35.5. The minimum absolute atomic E-state index is 0. The van der Waals surface area contributed by atoms with Gasteiger partial charge in [-0.05, 0) is 0 Å². The van der Waals surface area contributed by atoms with Gasteiger partial charge in [0, 0.05) is 0 Å². The van der Waals surface area contributed by atoms with Crippen molar-refractivity contribution in [1.82, 2.24) is 0 Å². The van der Waals surface area contributed by atoms with Crippen molar-refractivity contribution in [2.45, 2.75) is 4.84 Å². The van der Waals surface area contributed by atoms with E-state index < -0.39 is 4.84 Å². The smallest absolute Gasteiger partial charge is 0.180 e. The summed E-state index contributed by atoms with van der Waals surface area (Å²) in [6, 6.07) is 0. The molecule has 0 aliphatic heterocycles. The predicted molar refractivity (Wildman–Crippen MR) is 34.8 cm³/mol. The standard InChI is InChI=1S/C3H3Cl3O.H2O/c4-1-2(7)3(5)6;/h3H,1H2;1H2. The first-order chi connectivity index (χ1) is 3.18. The summed E-state index contributed by atoms with van der Waals surface area (Å²) >= 11 is 15.1. The molecule has 8 heavy (non-hydrogen) atoms. The maximum absolute atomic E-state index is 10.1. The first kappa shape index (κ1) is 11.3. The molecule has 0 bridgehead atoms. The van der Waals surface area contributed by atoms with Crippen LogP contribution in [0.25, 0.3) is 0 Å². The highest BCUT2D eigenvalue weighted by Gasteiger charge is 2.07. The Morgan fingerprint density at radius 3 is 1.88 bits per heavy atom. The summed E-state index contributed by atoms with van der Waals surface area (Å²) in [5, 5.41) is 0. The third-order valence-electron chi connectivity index (χ3n) is 0.375. The SMILES string of the molecule is O.O=C(CCl)C(Cl)Cl. The summed E-state index contributed by atoms with van der Waals surface area (Å²) in [6.07, 6.45) is 0. The summed E-state index contributed by atoms with van der Waals surface area (Å²) in [6.45, 7) is 0. The van der Waals surface area contributed by atoms with E-state index in [2.05, 4.69) is 0 Å². The number of carbonyl (C=O) groups is 1. The van der Waals surface area contributed by atoms with Crippen LogP contribution in [0.4, 0.5) is 0 Å². The van der Waals surface area contributed by atoms with Crippen molar-refractivity contribution in [2.75, 3.05) is 5.88 Å². The number of hydrogen-bond acceptors (Lipinski definition) is 1. The van der Waals surface area contributed by atoms with Crippen molar-refractivity contribution in [3.05, 3.63) is 0 Å². The molecule has 0 aromatic carbocycles. The van der Waals surface area contributed by atoms with Gasteiger partial charge in [0.25, 0.3) is 0 Å². The first-order valence-corrected chi connectivity index (χ1v) is 2.96. The average molecular weight is 179 g/mol. The van der Waals surface area contributed by atoms with Crippen LogP contribution in [0, 0.1) is 0 Å². The fourth-order valence-electron chi connectivity index (χ4n) is 0.0583. The quantitative estimate of drug-likeness (QED) is 0.578. The van der Waals surface area contributed by atoms with E-state index in [0.29, 0.717) is 0 Å². The Kier molecular flexibility index (Phi) is 7.97. The van der Waals surface area contributed by atoms with Crippen LogP contribution in [0.5, 0.6) is 0 Å². The molecule has 0 saturated heterocycles. The van der Waals surface area contributed by atoms with E-state index in [1.807, 2.05) is 0 Å². The van der Waals surface area contributed by atoms with Crippen LogP contribution < -0.4 is 0 Å².